The van der Waals surface area contributed by atoms with E-state index in [-0.39, 0.29) is 131 Å². The van der Waals surface area contributed by atoms with E-state index in [1.165, 1.54) is 55.4 Å². The smallest absolute Gasteiger partial charge is 0.465 e. The lowest BCUT2D eigenvalue weighted by molar-refractivity contribution is -0.164. The number of unbranched alkanes of at least 4 members (excludes halogenated alkanes) is 1. The maximum Gasteiger partial charge on any atom is 0.508 e. The molecule has 46 heteroatoms. The molecule has 0 saturated carbocycles. The minimum absolute atomic E-state index is 0.0278. The Kier molecular flexibility index (Phi) is 56.3. The van der Waals surface area contributed by atoms with Gasteiger partial charge in [-0.2, -0.15) is 0 Å². The van der Waals surface area contributed by atoms with Crippen molar-refractivity contribution in [1.82, 2.24) is 31.1 Å². The highest BCUT2D eigenvalue weighted by molar-refractivity contribution is 5.82. The molecular weight excluding hydrogens is 1930 g/mol. The number of carbonyl (C=O) groups is 16. The van der Waals surface area contributed by atoms with Gasteiger partial charge in [0.2, 0.25) is 0 Å². The van der Waals surface area contributed by atoms with E-state index in [0.29, 0.717) is 48.2 Å². The quantitative estimate of drug-likeness (QED) is 0.0116. The summed E-state index contributed by atoms with van der Waals surface area (Å²) in [5.74, 6) is -7.21. The molecule has 0 saturated heterocycles. The molecule has 0 fully saturated rings. The van der Waals surface area contributed by atoms with Crippen LogP contribution in [0.3, 0.4) is 0 Å². The zero-order valence-corrected chi connectivity index (χ0v) is 85.2. The van der Waals surface area contributed by atoms with E-state index in [9.17, 15) is 97.1 Å². The predicted octanol–water partition coefficient (Wildman–Crippen LogP) is 8.69. The zero-order valence-electron chi connectivity index (χ0n) is 85.2. The van der Waals surface area contributed by atoms with E-state index >= 15 is 0 Å². The highest BCUT2D eigenvalue weighted by atomic mass is 16.8. The number of hydrogen-bond acceptors (Lipinski definition) is 42. The standard InChI is InChI=1S/C100H144N6O40/c1-13-127-77(111)93(5,57-107)61-139-89(123)143-69-97(9,81(115)131-53-73-35-21-17-22-36-73)65-135-85(119)101-43-31-49-105(50-32-44-102-86(120)136-66-98(10,82(116)132-54-74-37-23-18-24-38-74)70-144-90(124)140-62-94(6,58-108)78(112)128-14-2)47-29-30-48-106(51-33-45-103-87(121)137-67-99(11,83(117)133-55-75-39-25-19-26-40-75)71-145-91(125)141-63-95(7,59-109)79(113)129-15-3)52-34-46-104-88(122)138-68-100(12,84(118)134-56-76-41-27-20-28-42-76)72-146-92(126)142-64-96(8,60-110)80(114)130-16-4/h17-28,35-42,107-110H,13-16,29-34,43-72H2,1-12H3,(H,101,119)(H,102,120)(H,103,121)(H,104,122). The summed E-state index contributed by atoms with van der Waals surface area (Å²) < 4.78 is 107. The van der Waals surface area contributed by atoms with Gasteiger partial charge in [0.1, 0.15) is 149 Å². The van der Waals surface area contributed by atoms with Gasteiger partial charge in [-0.3, -0.25) is 38.4 Å². The molecule has 0 aliphatic carbocycles. The number of alkyl carbamates (subject to hydrolysis) is 4. The Morgan fingerprint density at radius 2 is 0.377 bits per heavy atom. The molecule has 4 amide bonds. The van der Waals surface area contributed by atoms with E-state index < -0.39 is 246 Å². The van der Waals surface area contributed by atoms with Gasteiger partial charge < -0.3 is 146 Å². The third-order valence-electron chi connectivity index (χ3n) is 22.3. The summed E-state index contributed by atoms with van der Waals surface area (Å²) in [5.41, 5.74) is -11.7. The summed E-state index contributed by atoms with van der Waals surface area (Å²) in [6.07, 6.45) is -7.40. The second-order valence-electron chi connectivity index (χ2n) is 36.4. The van der Waals surface area contributed by atoms with Crippen molar-refractivity contribution in [2.45, 2.75) is 148 Å². The molecule has 146 heavy (non-hydrogen) atoms. The van der Waals surface area contributed by atoms with Gasteiger partial charge in [0.05, 0.1) is 52.9 Å². The molecule has 0 radical (unpaired) electrons. The number of hydrogen-bond donors (Lipinski definition) is 8. The van der Waals surface area contributed by atoms with Gasteiger partial charge in [-0.15, -0.1) is 0 Å². The fraction of sp³-hybridized carbons (Fsp3) is 0.600. The summed E-state index contributed by atoms with van der Waals surface area (Å²) >= 11 is 0. The van der Waals surface area contributed by atoms with Crippen LogP contribution in [-0.2, 0) is 160 Å². The van der Waals surface area contributed by atoms with Crippen LogP contribution in [0.1, 0.15) is 144 Å². The molecule has 0 spiro atoms. The Bertz CT molecular complexity index is 4130. The summed E-state index contributed by atoms with van der Waals surface area (Å²) in [7, 11) is 0. The maximum atomic E-state index is 13.9. The Hall–Kier alpha value is -13.4. The fourth-order valence-corrected chi connectivity index (χ4v) is 12.5. The minimum atomic E-state index is -1.86. The van der Waals surface area contributed by atoms with Gasteiger partial charge >= 0.3 is 96.7 Å². The van der Waals surface area contributed by atoms with Crippen LogP contribution in [0.25, 0.3) is 0 Å². The van der Waals surface area contributed by atoms with Crippen LogP contribution >= 0.6 is 0 Å². The number of aliphatic hydroxyl groups excluding tert-OH is 4. The lowest BCUT2D eigenvalue weighted by atomic mass is 9.93. The normalized spacial score (nSPS) is 14.3. The van der Waals surface area contributed by atoms with Crippen LogP contribution in [0, 0.1) is 43.3 Å². The first-order valence-electron chi connectivity index (χ1n) is 47.7. The second-order valence-corrected chi connectivity index (χ2v) is 36.4. The monoisotopic (exact) mass is 2070 g/mol. The number of esters is 8. The van der Waals surface area contributed by atoms with Crippen molar-refractivity contribution in [1.29, 1.82) is 0 Å². The molecule has 8 unspecified atom stereocenters. The highest BCUT2D eigenvalue weighted by Gasteiger charge is 2.46. The molecule has 814 valence electrons. The minimum Gasteiger partial charge on any atom is -0.465 e. The van der Waals surface area contributed by atoms with E-state index in [2.05, 4.69) is 21.3 Å². The van der Waals surface area contributed by atoms with Gasteiger partial charge in [-0.05, 0) is 183 Å². The van der Waals surface area contributed by atoms with E-state index in [1.807, 2.05) is 9.80 Å². The van der Waals surface area contributed by atoms with Crippen molar-refractivity contribution in [3.63, 3.8) is 0 Å². The Balaban J connectivity index is 1.62. The molecule has 0 aliphatic heterocycles. The zero-order chi connectivity index (χ0) is 108. The number of rotatable bonds is 69. The average Bonchev–Trinajstić information content (AvgIpc) is 0.840. The molecule has 0 heterocycles. The lowest BCUT2D eigenvalue weighted by Gasteiger charge is -2.27. The van der Waals surface area contributed by atoms with Gasteiger partial charge in [-0.25, -0.2) is 38.4 Å². The number of aliphatic hydroxyl groups is 4. The van der Waals surface area contributed by atoms with Gasteiger partial charge in [0, 0.05) is 26.2 Å². The van der Waals surface area contributed by atoms with Crippen LogP contribution in [0.2, 0.25) is 0 Å². The number of ether oxygens (including phenoxy) is 20. The Labute approximate surface area is 848 Å². The average molecular weight is 2070 g/mol. The molecule has 4 aromatic rings. The number of amides is 4. The van der Waals surface area contributed by atoms with Crippen LogP contribution in [0.5, 0.6) is 0 Å². The molecule has 0 aromatic heterocycles. The van der Waals surface area contributed by atoms with Gasteiger partial charge in [0.25, 0.3) is 0 Å². The first-order chi connectivity index (χ1) is 69.5. The summed E-state index contributed by atoms with van der Waals surface area (Å²) in [4.78, 5) is 216. The number of nitrogens with zero attached hydrogens (tertiary/aromatic N) is 2. The SMILES string of the molecule is CCOC(=O)C(C)(CO)COC(=O)OCC(C)(COC(=O)NCCCN(CCCCN(CCCNC(=O)OCC(C)(COC(=O)OCC(C)(CO)C(=O)OCC)C(=O)OCc1ccccc1)CCCNC(=O)OCC(C)(COC(=O)OCC(C)(CO)C(=O)OCC)C(=O)OCc1ccccc1)CCCNC(=O)OCC(C)(COC(=O)OCC(C)(CO)C(=O)OCC)C(=O)OCc1ccccc1)C(=O)OCc1ccccc1. The molecule has 4 aromatic carbocycles. The number of nitrogens with one attached hydrogen (secondary N) is 4. The van der Waals surface area contributed by atoms with Crippen molar-refractivity contribution >= 4 is 96.7 Å². The molecular formula is C100H144N6O40. The second kappa shape index (κ2) is 65.8. The first-order valence-corrected chi connectivity index (χ1v) is 47.7. The summed E-state index contributed by atoms with van der Waals surface area (Å²) in [6, 6.07) is 34.3. The van der Waals surface area contributed by atoms with Crippen LogP contribution < -0.4 is 21.3 Å². The van der Waals surface area contributed by atoms with Crippen molar-refractivity contribution in [2.24, 2.45) is 43.3 Å². The third kappa shape index (κ3) is 46.3. The summed E-state index contributed by atoms with van der Waals surface area (Å²) in [5, 5.41) is 50.6. The molecule has 4 rings (SSSR count). The molecule has 0 aliphatic rings. The fourth-order valence-electron chi connectivity index (χ4n) is 12.5. The van der Waals surface area contributed by atoms with Crippen LogP contribution in [-0.4, -0.2) is 325 Å². The highest BCUT2D eigenvalue weighted by Crippen LogP contribution is 2.30. The Morgan fingerprint density at radius 1 is 0.219 bits per heavy atom. The maximum absolute atomic E-state index is 13.9. The van der Waals surface area contributed by atoms with Crippen molar-refractivity contribution in [2.75, 3.05) is 198 Å². The third-order valence-corrected chi connectivity index (χ3v) is 22.3. The van der Waals surface area contributed by atoms with E-state index in [4.69, 9.17) is 94.7 Å². The predicted molar refractivity (Wildman–Crippen MR) is 512 cm³/mol. The molecule has 46 nitrogen and oxygen atoms in total. The lowest BCUT2D eigenvalue weighted by Crippen LogP contribution is -2.42. The largest absolute Gasteiger partial charge is 0.508 e. The van der Waals surface area contributed by atoms with E-state index in [0.717, 1.165) is 0 Å². The van der Waals surface area contributed by atoms with Crippen molar-refractivity contribution in [3.05, 3.63) is 144 Å². The van der Waals surface area contributed by atoms with Gasteiger partial charge in [-0.1, -0.05) is 121 Å². The molecule has 8 N–H and O–H groups in total. The number of benzene rings is 4. The first kappa shape index (κ1) is 125. The summed E-state index contributed by atoms with van der Waals surface area (Å²) in [6.45, 7) is 5.78. The van der Waals surface area contributed by atoms with Crippen molar-refractivity contribution in [3.8, 4) is 0 Å². The Morgan fingerprint density at radius 3 is 0.548 bits per heavy atom. The van der Waals surface area contributed by atoms with Crippen molar-refractivity contribution < 1.29 is 192 Å². The number of carbonyl (C=O) groups excluding carboxylic acids is 16. The van der Waals surface area contributed by atoms with Crippen LogP contribution in [0.4, 0.5) is 38.4 Å². The molecule has 0 bridgehead atoms. The van der Waals surface area contributed by atoms with Crippen LogP contribution in [0.15, 0.2) is 121 Å². The molecule has 8 atom stereocenters. The topological polar surface area (TPSA) is 593 Å². The van der Waals surface area contributed by atoms with E-state index in [1.54, 1.807) is 149 Å². The van der Waals surface area contributed by atoms with Gasteiger partial charge in [0.15, 0.2) is 0 Å².